The highest BCUT2D eigenvalue weighted by Gasteiger charge is 2.32. The molecule has 5 heteroatoms. The Morgan fingerprint density at radius 1 is 1.33 bits per heavy atom. The summed E-state index contributed by atoms with van der Waals surface area (Å²) in [4.78, 5) is 6.65. The van der Waals surface area contributed by atoms with E-state index in [1.165, 1.54) is 0 Å². The van der Waals surface area contributed by atoms with Gasteiger partial charge in [-0.15, -0.1) is 0 Å². The molecule has 21 heavy (non-hydrogen) atoms. The van der Waals surface area contributed by atoms with Crippen molar-refractivity contribution in [1.82, 2.24) is 10.1 Å². The number of nitrogens with zero attached hydrogens (tertiary/aromatic N) is 3. The van der Waals surface area contributed by atoms with E-state index in [0.29, 0.717) is 17.8 Å². The summed E-state index contributed by atoms with van der Waals surface area (Å²) < 4.78 is 10.7. The van der Waals surface area contributed by atoms with E-state index in [4.69, 9.17) is 9.26 Å². The zero-order chi connectivity index (χ0) is 15.0. The largest absolute Gasteiger partial charge is 0.496 e. The second-order valence-corrected chi connectivity index (χ2v) is 5.99. The quantitative estimate of drug-likeness (QED) is 0.864. The maximum Gasteiger partial charge on any atom is 0.266 e. The zero-order valence-corrected chi connectivity index (χ0v) is 13.0. The van der Waals surface area contributed by atoms with Gasteiger partial charge in [-0.05, 0) is 41.6 Å². The topological polar surface area (TPSA) is 51.4 Å². The molecule has 0 N–H and O–H groups in total. The number of ether oxygens (including phenoxy) is 1. The lowest BCUT2D eigenvalue weighted by atomic mass is 9.89. The van der Waals surface area contributed by atoms with Crippen molar-refractivity contribution < 1.29 is 9.26 Å². The van der Waals surface area contributed by atoms with E-state index in [1.807, 2.05) is 25.1 Å². The van der Waals surface area contributed by atoms with Crippen molar-refractivity contribution in [3.63, 3.8) is 0 Å². The van der Waals surface area contributed by atoms with E-state index >= 15 is 0 Å². The van der Waals surface area contributed by atoms with Gasteiger partial charge in [-0.3, -0.25) is 0 Å². The molecule has 1 aromatic heterocycles. The first kappa shape index (κ1) is 13.9. The second-order valence-electron chi connectivity index (χ2n) is 5.99. The van der Waals surface area contributed by atoms with E-state index < -0.39 is 0 Å². The van der Waals surface area contributed by atoms with Gasteiger partial charge in [-0.1, -0.05) is 19.9 Å². The molecule has 1 saturated heterocycles. The summed E-state index contributed by atoms with van der Waals surface area (Å²) in [7, 11) is 1.66. The van der Waals surface area contributed by atoms with Crippen LogP contribution < -0.4 is 9.64 Å². The minimum absolute atomic E-state index is 0.538. The van der Waals surface area contributed by atoms with Gasteiger partial charge in [0.15, 0.2) is 0 Å². The average molecular weight is 287 g/mol. The Morgan fingerprint density at radius 3 is 2.76 bits per heavy atom. The number of rotatable bonds is 4. The first-order chi connectivity index (χ1) is 10.1. The predicted molar refractivity (Wildman–Crippen MR) is 81.6 cm³/mol. The number of methoxy groups -OCH3 is 1. The summed E-state index contributed by atoms with van der Waals surface area (Å²) in [6.07, 6.45) is 0. The maximum atomic E-state index is 5.38. The molecule has 112 valence electrons. The Morgan fingerprint density at radius 2 is 2.10 bits per heavy atom. The SMILES string of the molecule is COc1cc(-c2nc(N3CC(C(C)C)C3)no2)ccc1C. The number of hydrogen-bond acceptors (Lipinski definition) is 5. The van der Waals surface area contributed by atoms with Gasteiger partial charge in [0, 0.05) is 18.7 Å². The third kappa shape index (κ3) is 2.60. The molecule has 0 unspecified atom stereocenters. The second kappa shape index (κ2) is 5.39. The minimum atomic E-state index is 0.538. The number of benzene rings is 1. The maximum absolute atomic E-state index is 5.38. The fraction of sp³-hybridized carbons (Fsp3) is 0.500. The summed E-state index contributed by atoms with van der Waals surface area (Å²) in [5, 5.41) is 4.09. The van der Waals surface area contributed by atoms with Crippen LogP contribution in [0.4, 0.5) is 5.95 Å². The Balaban J connectivity index is 1.76. The molecule has 1 aliphatic heterocycles. The summed E-state index contributed by atoms with van der Waals surface area (Å²) in [6.45, 7) is 8.53. The van der Waals surface area contributed by atoms with Gasteiger partial charge in [0.05, 0.1) is 7.11 Å². The van der Waals surface area contributed by atoms with E-state index in [9.17, 15) is 0 Å². The molecule has 0 atom stereocenters. The van der Waals surface area contributed by atoms with Crippen LogP contribution >= 0.6 is 0 Å². The van der Waals surface area contributed by atoms with Gasteiger partial charge in [0.1, 0.15) is 5.75 Å². The van der Waals surface area contributed by atoms with Crippen molar-refractivity contribution in [2.45, 2.75) is 20.8 Å². The van der Waals surface area contributed by atoms with Crippen molar-refractivity contribution in [3.05, 3.63) is 23.8 Å². The fourth-order valence-corrected chi connectivity index (χ4v) is 2.51. The first-order valence-electron chi connectivity index (χ1n) is 7.32. The van der Waals surface area contributed by atoms with E-state index in [1.54, 1.807) is 7.11 Å². The number of aryl methyl sites for hydroxylation is 1. The number of aromatic nitrogens is 2. The first-order valence-corrected chi connectivity index (χ1v) is 7.32. The summed E-state index contributed by atoms with van der Waals surface area (Å²) >= 11 is 0. The van der Waals surface area contributed by atoms with E-state index in [0.717, 1.165) is 35.9 Å². The molecular weight excluding hydrogens is 266 g/mol. The van der Waals surface area contributed by atoms with Crippen LogP contribution in [-0.2, 0) is 0 Å². The van der Waals surface area contributed by atoms with Crippen LogP contribution in [0.15, 0.2) is 22.7 Å². The minimum Gasteiger partial charge on any atom is -0.496 e. The zero-order valence-electron chi connectivity index (χ0n) is 13.0. The van der Waals surface area contributed by atoms with Gasteiger partial charge < -0.3 is 14.2 Å². The molecule has 3 rings (SSSR count). The molecular formula is C16H21N3O2. The molecule has 5 nitrogen and oxygen atoms in total. The van der Waals surface area contributed by atoms with Gasteiger partial charge >= 0.3 is 0 Å². The fourth-order valence-electron chi connectivity index (χ4n) is 2.51. The predicted octanol–water partition coefficient (Wildman–Crippen LogP) is 3.15. The Hall–Kier alpha value is -2.04. The number of hydrogen-bond donors (Lipinski definition) is 0. The summed E-state index contributed by atoms with van der Waals surface area (Å²) in [5.41, 5.74) is 1.97. The molecule has 2 aromatic rings. The van der Waals surface area contributed by atoms with Crippen molar-refractivity contribution in [1.29, 1.82) is 0 Å². The van der Waals surface area contributed by atoms with E-state index in [2.05, 4.69) is 28.9 Å². The third-order valence-corrected chi connectivity index (χ3v) is 4.21. The Labute approximate surface area is 124 Å². The highest BCUT2D eigenvalue weighted by atomic mass is 16.5. The molecule has 1 aromatic carbocycles. The number of anilines is 1. The Kier molecular flexibility index (Phi) is 3.57. The van der Waals surface area contributed by atoms with Crippen LogP contribution in [-0.4, -0.2) is 30.3 Å². The molecule has 0 amide bonds. The Bertz CT molecular complexity index is 630. The molecule has 1 aliphatic rings. The van der Waals surface area contributed by atoms with Gasteiger partial charge in [-0.2, -0.15) is 4.98 Å². The van der Waals surface area contributed by atoms with Crippen molar-refractivity contribution in [2.24, 2.45) is 11.8 Å². The molecule has 1 fully saturated rings. The molecule has 0 saturated carbocycles. The highest BCUT2D eigenvalue weighted by Crippen LogP contribution is 2.30. The molecule has 2 heterocycles. The van der Waals surface area contributed by atoms with Crippen molar-refractivity contribution in [3.8, 4) is 17.2 Å². The smallest absolute Gasteiger partial charge is 0.266 e. The lowest BCUT2D eigenvalue weighted by Crippen LogP contribution is -2.49. The van der Waals surface area contributed by atoms with Crippen LogP contribution in [0.25, 0.3) is 11.5 Å². The van der Waals surface area contributed by atoms with Crippen LogP contribution in [0.1, 0.15) is 19.4 Å². The van der Waals surface area contributed by atoms with Crippen LogP contribution in [0.5, 0.6) is 5.75 Å². The average Bonchev–Trinajstić information content (AvgIpc) is 2.86. The van der Waals surface area contributed by atoms with Crippen LogP contribution in [0.3, 0.4) is 0 Å². The lowest BCUT2D eigenvalue weighted by molar-refractivity contribution is 0.302. The molecule has 0 spiro atoms. The molecule has 0 radical (unpaired) electrons. The van der Waals surface area contributed by atoms with Crippen molar-refractivity contribution >= 4 is 5.95 Å². The molecule has 0 bridgehead atoms. The van der Waals surface area contributed by atoms with Gasteiger partial charge in [-0.25, -0.2) is 0 Å². The summed E-state index contributed by atoms with van der Waals surface area (Å²) in [6, 6.07) is 5.90. The van der Waals surface area contributed by atoms with Crippen LogP contribution in [0, 0.1) is 18.8 Å². The summed E-state index contributed by atoms with van der Waals surface area (Å²) in [5.74, 6) is 3.48. The normalized spacial score (nSPS) is 15.4. The standard InChI is InChI=1S/C16H21N3O2/c1-10(2)13-8-19(9-13)16-17-15(21-18-16)12-6-5-11(3)14(7-12)20-4/h5-7,10,13H,8-9H2,1-4H3. The lowest BCUT2D eigenvalue weighted by Gasteiger charge is -2.40. The van der Waals surface area contributed by atoms with Crippen LogP contribution in [0.2, 0.25) is 0 Å². The third-order valence-electron chi connectivity index (χ3n) is 4.21. The van der Waals surface area contributed by atoms with Crippen molar-refractivity contribution in [2.75, 3.05) is 25.1 Å². The highest BCUT2D eigenvalue weighted by molar-refractivity contribution is 5.59. The molecule has 0 aliphatic carbocycles. The monoisotopic (exact) mass is 287 g/mol. The van der Waals surface area contributed by atoms with Gasteiger partial charge in [0.2, 0.25) is 0 Å². The van der Waals surface area contributed by atoms with Gasteiger partial charge in [0.25, 0.3) is 11.8 Å². The van der Waals surface area contributed by atoms with E-state index in [-0.39, 0.29) is 0 Å².